The maximum atomic E-state index is 11.8. The Hall–Kier alpha value is -1.39. The maximum absolute atomic E-state index is 11.8. The van der Waals surface area contributed by atoms with Crippen LogP contribution in [-0.2, 0) is 4.79 Å². The van der Waals surface area contributed by atoms with Crippen molar-refractivity contribution >= 4 is 23.6 Å². The lowest BCUT2D eigenvalue weighted by atomic mass is 9.94. The van der Waals surface area contributed by atoms with Gasteiger partial charge in [-0.15, -0.1) is 0 Å². The van der Waals surface area contributed by atoms with Gasteiger partial charge >= 0.3 is 0 Å². The summed E-state index contributed by atoms with van der Waals surface area (Å²) in [7, 11) is 0. The molecule has 5 heteroatoms. The van der Waals surface area contributed by atoms with E-state index in [1.807, 2.05) is 0 Å². The number of amides is 1. The molecule has 0 aromatic carbocycles. The highest BCUT2D eigenvalue weighted by atomic mass is 35.5. The molecule has 0 aliphatic heterocycles. The lowest BCUT2D eigenvalue weighted by molar-refractivity contribution is -0.116. The zero-order chi connectivity index (χ0) is 15.7. The van der Waals surface area contributed by atoms with E-state index in [-0.39, 0.29) is 12.5 Å². The molecule has 4 nitrogen and oxygen atoms in total. The van der Waals surface area contributed by atoms with Crippen LogP contribution in [0.5, 0.6) is 0 Å². The molecule has 1 aromatic heterocycles. The number of rotatable bonds is 8. The molecule has 0 bridgehead atoms. The van der Waals surface area contributed by atoms with Crippen LogP contribution in [0.15, 0.2) is 24.4 Å². The van der Waals surface area contributed by atoms with Gasteiger partial charge in [-0.1, -0.05) is 31.5 Å². The van der Waals surface area contributed by atoms with Crippen molar-refractivity contribution in [2.24, 2.45) is 11.8 Å². The van der Waals surface area contributed by atoms with Gasteiger partial charge in [-0.25, -0.2) is 4.98 Å². The van der Waals surface area contributed by atoms with Crippen molar-refractivity contribution in [2.45, 2.75) is 26.7 Å². The van der Waals surface area contributed by atoms with E-state index in [2.05, 4.69) is 24.1 Å². The minimum Gasteiger partial charge on any atom is -0.396 e. The van der Waals surface area contributed by atoms with Crippen molar-refractivity contribution in [3.05, 3.63) is 35.1 Å². The molecule has 1 heterocycles. The molecule has 1 rings (SSSR count). The number of carbonyl (C=O) groups is 1. The molecule has 0 saturated carbocycles. The zero-order valence-corrected chi connectivity index (χ0v) is 13.3. The van der Waals surface area contributed by atoms with E-state index in [1.54, 1.807) is 24.4 Å². The Morgan fingerprint density at radius 3 is 2.81 bits per heavy atom. The first-order chi connectivity index (χ1) is 10.0. The second kappa shape index (κ2) is 9.53. The van der Waals surface area contributed by atoms with Gasteiger partial charge in [0.15, 0.2) is 0 Å². The van der Waals surface area contributed by atoms with Gasteiger partial charge in [-0.05, 0) is 42.4 Å². The summed E-state index contributed by atoms with van der Waals surface area (Å²) in [6.07, 6.45) is 6.49. The largest absolute Gasteiger partial charge is 0.396 e. The Morgan fingerprint density at radius 2 is 2.24 bits per heavy atom. The summed E-state index contributed by atoms with van der Waals surface area (Å²) in [5.74, 6) is 0.718. The third-order valence-electron chi connectivity index (χ3n) is 3.08. The first kappa shape index (κ1) is 17.7. The zero-order valence-electron chi connectivity index (χ0n) is 12.6. The number of nitrogens with zero attached hydrogens (tertiary/aromatic N) is 1. The van der Waals surface area contributed by atoms with E-state index < -0.39 is 0 Å². The predicted molar refractivity (Wildman–Crippen MR) is 85.9 cm³/mol. The number of halogens is 1. The molecular formula is C16H23ClN2O2. The summed E-state index contributed by atoms with van der Waals surface area (Å²) in [5, 5.41) is 12.3. The maximum Gasteiger partial charge on any atom is 0.244 e. The Kier molecular flexibility index (Phi) is 8.01. The molecule has 1 amide bonds. The number of aromatic nitrogens is 1. The van der Waals surface area contributed by atoms with Crippen molar-refractivity contribution in [1.82, 2.24) is 10.3 Å². The molecule has 1 atom stereocenters. The van der Waals surface area contributed by atoms with Crippen LogP contribution in [0, 0.1) is 11.8 Å². The molecule has 0 aliphatic rings. The number of carbonyl (C=O) groups excluding carboxylic acids is 1. The van der Waals surface area contributed by atoms with Crippen molar-refractivity contribution in [3.8, 4) is 0 Å². The first-order valence-electron chi connectivity index (χ1n) is 7.19. The summed E-state index contributed by atoms with van der Waals surface area (Å²) in [6, 6.07) is 3.48. The number of aliphatic hydroxyl groups excluding tert-OH is 1. The highest BCUT2D eigenvalue weighted by Gasteiger charge is 2.11. The molecule has 0 saturated heterocycles. The number of nitrogens with one attached hydrogen (secondary N) is 1. The number of hydrogen-bond acceptors (Lipinski definition) is 3. The topological polar surface area (TPSA) is 62.2 Å². The van der Waals surface area contributed by atoms with Crippen molar-refractivity contribution in [2.75, 3.05) is 13.2 Å². The van der Waals surface area contributed by atoms with E-state index in [9.17, 15) is 4.79 Å². The molecule has 2 N–H and O–H groups in total. The van der Waals surface area contributed by atoms with Crippen molar-refractivity contribution < 1.29 is 9.90 Å². The van der Waals surface area contributed by atoms with E-state index in [0.29, 0.717) is 30.0 Å². The van der Waals surface area contributed by atoms with E-state index >= 15 is 0 Å². The highest BCUT2D eigenvalue weighted by molar-refractivity contribution is 6.29. The summed E-state index contributed by atoms with van der Waals surface area (Å²) in [6.45, 7) is 5.01. The quantitative estimate of drug-likeness (QED) is 0.573. The predicted octanol–water partition coefficient (Wildman–Crippen LogP) is 2.91. The third-order valence-corrected chi connectivity index (χ3v) is 3.31. The van der Waals surface area contributed by atoms with E-state index in [4.69, 9.17) is 16.7 Å². The standard InChI is InChI=1S/C16H23ClN2O2/c1-12(2)9-14(7-8-20)11-19-16(21)6-4-13-3-5-15(17)18-10-13/h3-6,10,12,14,20H,7-9,11H2,1-2H3,(H,19,21)/b6-4+. The summed E-state index contributed by atoms with van der Waals surface area (Å²) in [4.78, 5) is 15.7. The molecule has 116 valence electrons. The smallest absolute Gasteiger partial charge is 0.244 e. The van der Waals surface area contributed by atoms with Gasteiger partial charge in [-0.3, -0.25) is 4.79 Å². The van der Waals surface area contributed by atoms with Gasteiger partial charge in [0.1, 0.15) is 5.15 Å². The average Bonchev–Trinajstić information content (AvgIpc) is 2.44. The SMILES string of the molecule is CC(C)CC(CCO)CNC(=O)/C=C/c1ccc(Cl)nc1. The van der Waals surface area contributed by atoms with Crippen LogP contribution in [0.2, 0.25) is 5.15 Å². The van der Waals surface area contributed by atoms with Gasteiger partial charge in [0.05, 0.1) is 0 Å². The monoisotopic (exact) mass is 310 g/mol. The summed E-state index contributed by atoms with van der Waals surface area (Å²) >= 11 is 5.70. The van der Waals surface area contributed by atoms with Crippen LogP contribution >= 0.6 is 11.6 Å². The minimum absolute atomic E-state index is 0.142. The van der Waals surface area contributed by atoms with Gasteiger partial charge in [0.25, 0.3) is 0 Å². The molecule has 0 aliphatic carbocycles. The van der Waals surface area contributed by atoms with Crippen LogP contribution in [-0.4, -0.2) is 29.1 Å². The number of pyridine rings is 1. The van der Waals surface area contributed by atoms with Crippen molar-refractivity contribution in [1.29, 1.82) is 0 Å². The molecule has 21 heavy (non-hydrogen) atoms. The van der Waals surface area contributed by atoms with Crippen LogP contribution in [0.3, 0.4) is 0 Å². The number of aliphatic hydroxyl groups is 1. The Morgan fingerprint density at radius 1 is 1.48 bits per heavy atom. The van der Waals surface area contributed by atoms with Crippen LogP contribution in [0.25, 0.3) is 6.08 Å². The summed E-state index contributed by atoms with van der Waals surface area (Å²) < 4.78 is 0. The van der Waals surface area contributed by atoms with Crippen LogP contribution in [0.1, 0.15) is 32.3 Å². The van der Waals surface area contributed by atoms with E-state index in [0.717, 1.165) is 12.0 Å². The lowest BCUT2D eigenvalue weighted by Gasteiger charge is -2.18. The number of hydrogen-bond donors (Lipinski definition) is 2. The Labute approximate surface area is 131 Å². The minimum atomic E-state index is -0.142. The molecule has 1 unspecified atom stereocenters. The van der Waals surface area contributed by atoms with Gasteiger partial charge < -0.3 is 10.4 Å². The van der Waals surface area contributed by atoms with Crippen LogP contribution in [0.4, 0.5) is 0 Å². The second-order valence-electron chi connectivity index (χ2n) is 5.50. The molecule has 0 fully saturated rings. The van der Waals surface area contributed by atoms with Crippen LogP contribution < -0.4 is 5.32 Å². The van der Waals surface area contributed by atoms with Gasteiger partial charge in [0.2, 0.25) is 5.91 Å². The Bertz CT molecular complexity index is 458. The molecular weight excluding hydrogens is 288 g/mol. The highest BCUT2D eigenvalue weighted by Crippen LogP contribution is 2.14. The third kappa shape index (κ3) is 7.83. The summed E-state index contributed by atoms with van der Waals surface area (Å²) in [5.41, 5.74) is 0.823. The molecule has 0 spiro atoms. The normalized spacial score (nSPS) is 12.8. The lowest BCUT2D eigenvalue weighted by Crippen LogP contribution is -2.29. The van der Waals surface area contributed by atoms with Gasteiger partial charge in [-0.2, -0.15) is 0 Å². The molecule has 1 aromatic rings. The Balaban J connectivity index is 2.43. The van der Waals surface area contributed by atoms with E-state index in [1.165, 1.54) is 6.08 Å². The van der Waals surface area contributed by atoms with Crippen molar-refractivity contribution in [3.63, 3.8) is 0 Å². The second-order valence-corrected chi connectivity index (χ2v) is 5.89. The first-order valence-corrected chi connectivity index (χ1v) is 7.57. The molecule has 0 radical (unpaired) electrons. The average molecular weight is 311 g/mol. The van der Waals surface area contributed by atoms with Gasteiger partial charge in [0, 0.05) is 25.4 Å². The fourth-order valence-corrected chi connectivity index (χ4v) is 2.23. The fraction of sp³-hybridized carbons (Fsp3) is 0.500. The fourth-order valence-electron chi connectivity index (χ4n) is 2.11.